The Balaban J connectivity index is 2.78. The topological polar surface area (TPSA) is 68.2 Å². The largest absolute Gasteiger partial charge is 0.347 e. The molecule has 1 rings (SSSR count). The van der Waals surface area contributed by atoms with Gasteiger partial charge in [0, 0.05) is 29.5 Å². The van der Waals surface area contributed by atoms with Gasteiger partial charge in [0.2, 0.25) is 0 Å². The van der Waals surface area contributed by atoms with E-state index in [1.165, 1.54) is 0 Å². The summed E-state index contributed by atoms with van der Waals surface area (Å²) in [5.74, 6) is -0.315. The van der Waals surface area contributed by atoms with Crippen molar-refractivity contribution < 1.29 is 13.2 Å². The van der Waals surface area contributed by atoms with E-state index in [9.17, 15) is 13.2 Å². The van der Waals surface area contributed by atoms with Crippen LogP contribution in [0.2, 0.25) is 0 Å². The van der Waals surface area contributed by atoms with Gasteiger partial charge in [-0.15, -0.1) is 0 Å². The summed E-state index contributed by atoms with van der Waals surface area (Å²) < 4.78 is 25.0. The number of hydrogen-bond acceptors (Lipinski definition) is 3. The third-order valence-corrected chi connectivity index (χ3v) is 4.03. The first-order valence-electron chi connectivity index (χ1n) is 6.07. The van der Waals surface area contributed by atoms with Gasteiger partial charge in [-0.1, -0.05) is 6.92 Å². The molecule has 5 nitrogen and oxygen atoms in total. The van der Waals surface area contributed by atoms with Gasteiger partial charge in [-0.3, -0.25) is 4.79 Å². The SMILES string of the molecule is CCCn1cc(Br)cc1C(=O)NC(C)CS(C)(=O)=O. The first-order valence-corrected chi connectivity index (χ1v) is 8.92. The fourth-order valence-corrected chi connectivity index (χ4v) is 3.34. The Morgan fingerprint density at radius 1 is 1.53 bits per heavy atom. The molecule has 0 saturated heterocycles. The molecular formula is C12H19BrN2O3S. The third-order valence-electron chi connectivity index (χ3n) is 2.49. The van der Waals surface area contributed by atoms with Crippen molar-refractivity contribution in [3.8, 4) is 0 Å². The van der Waals surface area contributed by atoms with E-state index in [-0.39, 0.29) is 11.7 Å². The fraction of sp³-hybridized carbons (Fsp3) is 0.583. The molecule has 7 heteroatoms. The zero-order chi connectivity index (χ0) is 14.6. The highest BCUT2D eigenvalue weighted by molar-refractivity contribution is 9.10. The molecule has 0 aromatic carbocycles. The third kappa shape index (κ3) is 5.36. The minimum Gasteiger partial charge on any atom is -0.347 e. The number of carbonyl (C=O) groups is 1. The summed E-state index contributed by atoms with van der Waals surface area (Å²) in [6.07, 6.45) is 3.92. The zero-order valence-corrected chi connectivity index (χ0v) is 13.7. The molecule has 1 atom stereocenters. The molecule has 1 amide bonds. The van der Waals surface area contributed by atoms with Gasteiger partial charge in [-0.25, -0.2) is 8.42 Å². The number of sulfone groups is 1. The predicted molar refractivity (Wildman–Crippen MR) is 79.1 cm³/mol. The standard InChI is InChI=1S/C12H19BrN2O3S/c1-4-5-15-7-10(13)6-11(15)12(16)14-9(2)8-19(3,17)18/h6-7,9H,4-5,8H2,1-3H3,(H,14,16). The molecule has 0 aliphatic heterocycles. The highest BCUT2D eigenvalue weighted by atomic mass is 79.9. The smallest absolute Gasteiger partial charge is 0.268 e. The van der Waals surface area contributed by atoms with E-state index in [0.717, 1.165) is 23.7 Å². The van der Waals surface area contributed by atoms with Gasteiger partial charge >= 0.3 is 0 Å². The van der Waals surface area contributed by atoms with Crippen molar-refractivity contribution in [2.24, 2.45) is 0 Å². The van der Waals surface area contributed by atoms with Crippen LogP contribution in [0, 0.1) is 0 Å². The van der Waals surface area contributed by atoms with Crippen molar-refractivity contribution in [3.05, 3.63) is 22.4 Å². The van der Waals surface area contributed by atoms with Gasteiger partial charge in [-0.05, 0) is 35.3 Å². The van der Waals surface area contributed by atoms with E-state index in [2.05, 4.69) is 21.2 Å². The number of nitrogens with zero attached hydrogens (tertiary/aromatic N) is 1. The van der Waals surface area contributed by atoms with E-state index >= 15 is 0 Å². The lowest BCUT2D eigenvalue weighted by Crippen LogP contribution is -2.38. The van der Waals surface area contributed by atoms with Crippen LogP contribution < -0.4 is 5.32 Å². The van der Waals surface area contributed by atoms with Crippen LogP contribution in [0.4, 0.5) is 0 Å². The summed E-state index contributed by atoms with van der Waals surface area (Å²) >= 11 is 3.34. The summed E-state index contributed by atoms with van der Waals surface area (Å²) in [6.45, 7) is 4.46. The van der Waals surface area contributed by atoms with Crippen molar-refractivity contribution >= 4 is 31.7 Å². The van der Waals surface area contributed by atoms with Crippen molar-refractivity contribution in [1.29, 1.82) is 0 Å². The molecule has 0 bridgehead atoms. The second-order valence-electron chi connectivity index (χ2n) is 4.70. The van der Waals surface area contributed by atoms with E-state index in [1.807, 2.05) is 17.7 Å². The Morgan fingerprint density at radius 3 is 2.68 bits per heavy atom. The molecule has 1 unspecified atom stereocenters. The van der Waals surface area contributed by atoms with E-state index in [0.29, 0.717) is 5.69 Å². The molecule has 0 spiro atoms. The van der Waals surface area contributed by atoms with Crippen LogP contribution in [0.15, 0.2) is 16.7 Å². The van der Waals surface area contributed by atoms with Crippen molar-refractivity contribution in [2.75, 3.05) is 12.0 Å². The number of rotatable bonds is 6. The normalized spacial score (nSPS) is 13.3. The number of nitrogens with one attached hydrogen (secondary N) is 1. The van der Waals surface area contributed by atoms with Crippen LogP contribution in [-0.2, 0) is 16.4 Å². The van der Waals surface area contributed by atoms with E-state index < -0.39 is 15.9 Å². The van der Waals surface area contributed by atoms with Crippen molar-refractivity contribution in [1.82, 2.24) is 9.88 Å². The lowest BCUT2D eigenvalue weighted by Gasteiger charge is -2.14. The van der Waals surface area contributed by atoms with Crippen molar-refractivity contribution in [3.63, 3.8) is 0 Å². The number of halogens is 1. The fourth-order valence-electron chi connectivity index (χ4n) is 1.88. The van der Waals surface area contributed by atoms with Gasteiger partial charge in [0.1, 0.15) is 15.5 Å². The average molecular weight is 351 g/mol. The first-order chi connectivity index (χ1) is 8.73. The Morgan fingerprint density at radius 2 is 2.16 bits per heavy atom. The lowest BCUT2D eigenvalue weighted by atomic mass is 10.3. The molecule has 108 valence electrons. The van der Waals surface area contributed by atoms with E-state index in [1.54, 1.807) is 13.0 Å². The Bertz CT molecular complexity index is 551. The number of hydrogen-bond donors (Lipinski definition) is 1. The molecule has 1 heterocycles. The highest BCUT2D eigenvalue weighted by Gasteiger charge is 2.17. The minimum atomic E-state index is -3.10. The van der Waals surface area contributed by atoms with Crippen LogP contribution in [0.3, 0.4) is 0 Å². The maximum absolute atomic E-state index is 12.1. The number of carbonyl (C=O) groups excluding carboxylic acids is 1. The summed E-state index contributed by atoms with van der Waals surface area (Å²) in [4.78, 5) is 12.1. The number of aryl methyl sites for hydroxylation is 1. The molecular weight excluding hydrogens is 332 g/mol. The summed E-state index contributed by atoms with van der Waals surface area (Å²) in [5, 5.41) is 2.71. The van der Waals surface area contributed by atoms with Crippen LogP contribution in [0.5, 0.6) is 0 Å². The van der Waals surface area contributed by atoms with Crippen LogP contribution in [0.25, 0.3) is 0 Å². The molecule has 0 saturated carbocycles. The monoisotopic (exact) mass is 350 g/mol. The number of aromatic nitrogens is 1. The van der Waals surface area contributed by atoms with Crippen LogP contribution >= 0.6 is 15.9 Å². The van der Waals surface area contributed by atoms with Crippen LogP contribution in [-0.4, -0.2) is 36.9 Å². The summed E-state index contributed by atoms with van der Waals surface area (Å²) in [5.41, 5.74) is 0.536. The zero-order valence-electron chi connectivity index (χ0n) is 11.3. The maximum atomic E-state index is 12.1. The van der Waals surface area contributed by atoms with Gasteiger partial charge < -0.3 is 9.88 Å². The first kappa shape index (κ1) is 16.2. The van der Waals surface area contributed by atoms with Gasteiger partial charge in [0.25, 0.3) is 5.91 Å². The second-order valence-corrected chi connectivity index (χ2v) is 7.80. The number of amides is 1. The molecule has 0 aliphatic carbocycles. The molecule has 19 heavy (non-hydrogen) atoms. The Hall–Kier alpha value is -0.820. The van der Waals surface area contributed by atoms with Crippen molar-refractivity contribution in [2.45, 2.75) is 32.9 Å². The molecule has 1 N–H and O–H groups in total. The minimum absolute atomic E-state index is 0.0611. The van der Waals surface area contributed by atoms with Gasteiger partial charge in [0.05, 0.1) is 5.75 Å². The molecule has 0 radical (unpaired) electrons. The maximum Gasteiger partial charge on any atom is 0.268 e. The summed E-state index contributed by atoms with van der Waals surface area (Å²) in [7, 11) is -3.10. The Labute approximate surface area is 122 Å². The summed E-state index contributed by atoms with van der Waals surface area (Å²) in [6, 6.07) is 1.32. The quantitative estimate of drug-likeness (QED) is 0.850. The lowest BCUT2D eigenvalue weighted by molar-refractivity contribution is 0.0934. The van der Waals surface area contributed by atoms with Gasteiger partial charge in [0.15, 0.2) is 0 Å². The average Bonchev–Trinajstić information content (AvgIpc) is 2.57. The van der Waals surface area contributed by atoms with E-state index in [4.69, 9.17) is 0 Å². The Kier molecular flexibility index (Phi) is 5.61. The van der Waals surface area contributed by atoms with Crippen LogP contribution in [0.1, 0.15) is 30.8 Å². The molecule has 0 fully saturated rings. The predicted octanol–water partition coefficient (Wildman–Crippen LogP) is 1.82. The molecule has 1 aromatic rings. The highest BCUT2D eigenvalue weighted by Crippen LogP contribution is 2.15. The molecule has 0 aliphatic rings. The second kappa shape index (κ2) is 6.56. The molecule has 1 aromatic heterocycles. The van der Waals surface area contributed by atoms with Gasteiger partial charge in [-0.2, -0.15) is 0 Å².